The molecule has 0 saturated heterocycles. The fourth-order valence-electron chi connectivity index (χ4n) is 3.17. The molecular weight excluding hydrogens is 240 g/mol. The van der Waals surface area contributed by atoms with Gasteiger partial charge in [0, 0.05) is 0 Å². The average Bonchev–Trinajstić information content (AvgIpc) is 3.19. The molecule has 20 heavy (non-hydrogen) atoms. The summed E-state index contributed by atoms with van der Waals surface area (Å²) in [6.07, 6.45) is 15.4. The Balaban J connectivity index is 2.00. The van der Waals surface area contributed by atoms with E-state index in [4.69, 9.17) is 0 Å². The monoisotopic (exact) mass is 256 g/mol. The van der Waals surface area contributed by atoms with Crippen molar-refractivity contribution in [1.29, 1.82) is 0 Å². The summed E-state index contributed by atoms with van der Waals surface area (Å²) >= 11 is 0. The summed E-state index contributed by atoms with van der Waals surface area (Å²) in [5, 5.41) is 2.74. The summed E-state index contributed by atoms with van der Waals surface area (Å²) in [6, 6.07) is 13.3. The Kier molecular flexibility index (Phi) is 2.67. The van der Waals surface area contributed by atoms with Crippen LogP contribution in [0.4, 0.5) is 0 Å². The molecule has 4 rings (SSSR count). The largest absolute Gasteiger partial charge is 0.0801 e. The van der Waals surface area contributed by atoms with Crippen molar-refractivity contribution in [3.8, 4) is 0 Å². The molecule has 0 unspecified atom stereocenters. The van der Waals surface area contributed by atoms with Crippen LogP contribution in [0, 0.1) is 0 Å². The van der Waals surface area contributed by atoms with E-state index in [0.717, 1.165) is 12.8 Å². The van der Waals surface area contributed by atoms with Crippen LogP contribution in [-0.4, -0.2) is 0 Å². The Morgan fingerprint density at radius 2 is 1.20 bits per heavy atom. The van der Waals surface area contributed by atoms with Crippen molar-refractivity contribution < 1.29 is 0 Å². The van der Waals surface area contributed by atoms with E-state index in [-0.39, 0.29) is 0 Å². The highest BCUT2D eigenvalue weighted by molar-refractivity contribution is 6.02. The molecule has 2 aliphatic rings. The van der Waals surface area contributed by atoms with Gasteiger partial charge in [-0.3, -0.25) is 0 Å². The van der Waals surface area contributed by atoms with Crippen molar-refractivity contribution in [1.82, 2.24) is 0 Å². The van der Waals surface area contributed by atoms with Gasteiger partial charge in [-0.15, -0.1) is 0 Å². The number of hydrogen-bond donors (Lipinski definition) is 0. The van der Waals surface area contributed by atoms with Crippen molar-refractivity contribution in [2.45, 2.75) is 12.8 Å². The highest BCUT2D eigenvalue weighted by Crippen LogP contribution is 2.36. The van der Waals surface area contributed by atoms with Crippen LogP contribution in [0.2, 0.25) is 0 Å². The quantitative estimate of drug-likeness (QED) is 0.663. The van der Waals surface area contributed by atoms with Crippen LogP contribution in [-0.2, 0) is 0 Å². The normalized spacial score (nSPS) is 16.8. The molecule has 0 aliphatic heterocycles. The summed E-state index contributed by atoms with van der Waals surface area (Å²) in [5.41, 5.74) is 5.62. The number of hydrogen-bond acceptors (Lipinski definition) is 0. The molecule has 2 aromatic rings. The van der Waals surface area contributed by atoms with E-state index in [1.165, 1.54) is 33.0 Å². The molecule has 0 aromatic heterocycles. The van der Waals surface area contributed by atoms with Crippen molar-refractivity contribution in [3.63, 3.8) is 0 Å². The standard InChI is InChI=1S/C20H16/c1-2-8-15(7-1)18-13-5-11-17-12-6-14-19(20(17)18)16-9-3-4-10-16/h1-7,9,11-14H,8,10H2. The summed E-state index contributed by atoms with van der Waals surface area (Å²) in [5.74, 6) is 0. The van der Waals surface area contributed by atoms with Crippen LogP contribution < -0.4 is 0 Å². The van der Waals surface area contributed by atoms with Crippen LogP contribution in [0.3, 0.4) is 0 Å². The third-order valence-corrected chi connectivity index (χ3v) is 4.14. The van der Waals surface area contributed by atoms with Crippen molar-refractivity contribution in [2.75, 3.05) is 0 Å². The third-order valence-electron chi connectivity index (χ3n) is 4.14. The molecule has 2 aromatic carbocycles. The molecule has 0 atom stereocenters. The number of benzene rings is 2. The Hall–Kier alpha value is -2.34. The van der Waals surface area contributed by atoms with E-state index in [1.54, 1.807) is 0 Å². The molecule has 0 heterocycles. The molecule has 0 fully saturated rings. The van der Waals surface area contributed by atoms with E-state index in [9.17, 15) is 0 Å². The summed E-state index contributed by atoms with van der Waals surface area (Å²) in [4.78, 5) is 0. The van der Waals surface area contributed by atoms with Crippen molar-refractivity contribution >= 4 is 21.9 Å². The lowest BCUT2D eigenvalue weighted by molar-refractivity contribution is 1.42. The average molecular weight is 256 g/mol. The van der Waals surface area contributed by atoms with E-state index >= 15 is 0 Å². The number of allylic oxidation sites excluding steroid dienone is 8. The first-order chi connectivity index (χ1) is 9.93. The number of fused-ring (bicyclic) bond motifs is 1. The maximum absolute atomic E-state index is 2.26. The molecule has 0 spiro atoms. The van der Waals surface area contributed by atoms with Crippen LogP contribution in [0.5, 0.6) is 0 Å². The van der Waals surface area contributed by atoms with E-state index in [0.29, 0.717) is 0 Å². The van der Waals surface area contributed by atoms with Gasteiger partial charge >= 0.3 is 0 Å². The molecule has 0 N–H and O–H groups in total. The first kappa shape index (κ1) is 11.5. The first-order valence-corrected chi connectivity index (χ1v) is 7.17. The van der Waals surface area contributed by atoms with Crippen LogP contribution in [0.1, 0.15) is 24.0 Å². The van der Waals surface area contributed by atoms with Gasteiger partial charge in [0.15, 0.2) is 0 Å². The zero-order chi connectivity index (χ0) is 13.4. The first-order valence-electron chi connectivity index (χ1n) is 7.17. The molecule has 96 valence electrons. The third kappa shape index (κ3) is 1.77. The second-order valence-corrected chi connectivity index (χ2v) is 5.36. The zero-order valence-electron chi connectivity index (χ0n) is 11.3. The molecule has 2 aliphatic carbocycles. The molecule has 0 amide bonds. The molecule has 0 heteroatoms. The van der Waals surface area contributed by atoms with Gasteiger partial charge in [-0.1, -0.05) is 72.9 Å². The van der Waals surface area contributed by atoms with E-state index < -0.39 is 0 Å². The van der Waals surface area contributed by atoms with Gasteiger partial charge in [-0.05, 0) is 45.9 Å². The van der Waals surface area contributed by atoms with Gasteiger partial charge in [-0.25, -0.2) is 0 Å². The van der Waals surface area contributed by atoms with E-state index in [1.807, 2.05) is 0 Å². The topological polar surface area (TPSA) is 0 Å². The highest BCUT2D eigenvalue weighted by Gasteiger charge is 2.13. The minimum atomic E-state index is 1.05. The van der Waals surface area contributed by atoms with Crippen LogP contribution >= 0.6 is 0 Å². The fraction of sp³-hybridized carbons (Fsp3) is 0.100. The second-order valence-electron chi connectivity index (χ2n) is 5.36. The number of rotatable bonds is 2. The maximum Gasteiger partial charge on any atom is -0.00331 e. The lowest BCUT2D eigenvalue weighted by Gasteiger charge is -2.13. The van der Waals surface area contributed by atoms with Gasteiger partial charge in [0.2, 0.25) is 0 Å². The van der Waals surface area contributed by atoms with Crippen molar-refractivity contribution in [2.24, 2.45) is 0 Å². The highest BCUT2D eigenvalue weighted by atomic mass is 14.2. The summed E-state index contributed by atoms with van der Waals surface area (Å²) in [6.45, 7) is 0. The van der Waals surface area contributed by atoms with Gasteiger partial charge in [0.05, 0.1) is 0 Å². The van der Waals surface area contributed by atoms with Crippen molar-refractivity contribution in [3.05, 3.63) is 84.0 Å². The van der Waals surface area contributed by atoms with Crippen LogP contribution in [0.15, 0.2) is 72.9 Å². The van der Waals surface area contributed by atoms with Gasteiger partial charge in [0.1, 0.15) is 0 Å². The molecule has 0 saturated carbocycles. The van der Waals surface area contributed by atoms with Crippen LogP contribution in [0.25, 0.3) is 21.9 Å². The Bertz CT molecular complexity index is 733. The maximum atomic E-state index is 2.26. The fourth-order valence-corrected chi connectivity index (χ4v) is 3.17. The Morgan fingerprint density at radius 3 is 1.65 bits per heavy atom. The van der Waals surface area contributed by atoms with E-state index in [2.05, 4.69) is 72.9 Å². The molecule has 0 bridgehead atoms. The Morgan fingerprint density at radius 1 is 0.650 bits per heavy atom. The smallest absolute Gasteiger partial charge is 0.00331 e. The lowest BCUT2D eigenvalue weighted by atomic mass is 9.90. The molecule has 0 radical (unpaired) electrons. The summed E-state index contributed by atoms with van der Waals surface area (Å²) in [7, 11) is 0. The van der Waals surface area contributed by atoms with Gasteiger partial charge < -0.3 is 0 Å². The minimum Gasteiger partial charge on any atom is -0.0801 e. The minimum absolute atomic E-state index is 1.05. The molecule has 0 nitrogen and oxygen atoms in total. The van der Waals surface area contributed by atoms with Gasteiger partial charge in [0.25, 0.3) is 0 Å². The lowest BCUT2D eigenvalue weighted by Crippen LogP contribution is -1.90. The second kappa shape index (κ2) is 4.64. The predicted molar refractivity (Wildman–Crippen MR) is 87.4 cm³/mol. The summed E-state index contributed by atoms with van der Waals surface area (Å²) < 4.78 is 0. The zero-order valence-corrected chi connectivity index (χ0v) is 11.3. The Labute approximate surface area is 119 Å². The SMILES string of the molecule is C1=CCC(c2cccc3cccc(C4=CC=CC4)c23)=C1. The predicted octanol–water partition coefficient (Wildman–Crippen LogP) is 5.53. The molecular formula is C20H16. The van der Waals surface area contributed by atoms with Gasteiger partial charge in [-0.2, -0.15) is 0 Å².